The zero-order chi connectivity index (χ0) is 19.1. The van der Waals surface area contributed by atoms with E-state index in [0.717, 1.165) is 10.2 Å². The van der Waals surface area contributed by atoms with E-state index in [1.807, 2.05) is 48.5 Å². The van der Waals surface area contributed by atoms with Gasteiger partial charge >= 0.3 is 0 Å². The van der Waals surface area contributed by atoms with Crippen LogP contribution in [0.3, 0.4) is 0 Å². The van der Waals surface area contributed by atoms with Crippen molar-refractivity contribution in [1.29, 1.82) is 0 Å². The lowest BCUT2D eigenvalue weighted by Gasteiger charge is -2.08. The zero-order valence-corrected chi connectivity index (χ0v) is 16.5. The molecule has 2 N–H and O–H groups in total. The average Bonchev–Trinajstić information content (AvgIpc) is 3.16. The standard InChI is InChI=1S/C18H16BrN5O2S/c19-14-8-4-5-9-15(14)22-16(25)10-20-17(26)11-27-18-21-12-24(23-18)13-6-2-1-3-7-13/h1-9,12H,10-11H2,(H,20,26)(H,22,25). The number of carbonyl (C=O) groups excluding carboxylic acids is 2. The number of benzene rings is 2. The largest absolute Gasteiger partial charge is 0.346 e. The van der Waals surface area contributed by atoms with Gasteiger partial charge in [0.05, 0.1) is 23.7 Å². The van der Waals surface area contributed by atoms with Gasteiger partial charge in [0.15, 0.2) is 0 Å². The first-order valence-electron chi connectivity index (χ1n) is 8.03. The minimum Gasteiger partial charge on any atom is -0.346 e. The Balaban J connectivity index is 1.43. The number of nitrogens with zero attached hydrogens (tertiary/aromatic N) is 3. The fourth-order valence-corrected chi connectivity index (χ4v) is 3.15. The minimum atomic E-state index is -0.299. The van der Waals surface area contributed by atoms with Crippen molar-refractivity contribution in [3.63, 3.8) is 0 Å². The third-order valence-electron chi connectivity index (χ3n) is 3.42. The van der Waals surface area contributed by atoms with Gasteiger partial charge in [-0.15, -0.1) is 5.10 Å². The van der Waals surface area contributed by atoms with Crippen LogP contribution in [0.1, 0.15) is 0 Å². The van der Waals surface area contributed by atoms with E-state index in [-0.39, 0.29) is 24.1 Å². The summed E-state index contributed by atoms with van der Waals surface area (Å²) in [6.07, 6.45) is 1.60. The van der Waals surface area contributed by atoms with Crippen molar-refractivity contribution in [2.45, 2.75) is 5.16 Å². The van der Waals surface area contributed by atoms with Crippen LogP contribution in [0.2, 0.25) is 0 Å². The summed E-state index contributed by atoms with van der Waals surface area (Å²) in [6, 6.07) is 16.8. The number of hydrogen-bond donors (Lipinski definition) is 2. The van der Waals surface area contributed by atoms with Gasteiger partial charge in [0.2, 0.25) is 17.0 Å². The molecule has 1 aromatic heterocycles. The molecule has 9 heteroatoms. The Morgan fingerprint density at radius 2 is 1.78 bits per heavy atom. The molecule has 0 unspecified atom stereocenters. The van der Waals surface area contributed by atoms with Gasteiger partial charge in [-0.25, -0.2) is 9.67 Å². The number of amides is 2. The number of hydrogen-bond acceptors (Lipinski definition) is 5. The van der Waals surface area contributed by atoms with Gasteiger partial charge in [-0.05, 0) is 40.2 Å². The van der Waals surface area contributed by atoms with Gasteiger partial charge in [-0.3, -0.25) is 9.59 Å². The second kappa shape index (κ2) is 9.33. The summed E-state index contributed by atoms with van der Waals surface area (Å²) in [6.45, 7) is -0.105. The van der Waals surface area contributed by atoms with Crippen molar-refractivity contribution in [3.8, 4) is 5.69 Å². The first-order valence-corrected chi connectivity index (χ1v) is 9.80. The smallest absolute Gasteiger partial charge is 0.243 e. The molecule has 0 saturated carbocycles. The second-order valence-corrected chi connectivity index (χ2v) is 7.20. The monoisotopic (exact) mass is 445 g/mol. The number of aromatic nitrogens is 3. The van der Waals surface area contributed by atoms with Gasteiger partial charge in [0.1, 0.15) is 6.33 Å². The molecule has 27 heavy (non-hydrogen) atoms. The lowest BCUT2D eigenvalue weighted by Crippen LogP contribution is -2.34. The van der Waals surface area contributed by atoms with Crippen LogP contribution >= 0.6 is 27.7 Å². The molecule has 7 nitrogen and oxygen atoms in total. The number of halogens is 1. The maximum absolute atomic E-state index is 11.9. The fraction of sp³-hybridized carbons (Fsp3) is 0.111. The Kier molecular flexibility index (Phi) is 6.61. The molecule has 0 aliphatic heterocycles. The maximum atomic E-state index is 11.9. The normalized spacial score (nSPS) is 10.4. The number of thioether (sulfide) groups is 1. The lowest BCUT2D eigenvalue weighted by molar-refractivity contribution is -0.122. The predicted octanol–water partition coefficient (Wildman–Crippen LogP) is 2.88. The van der Waals surface area contributed by atoms with Gasteiger partial charge < -0.3 is 10.6 Å². The van der Waals surface area contributed by atoms with Crippen LogP contribution in [-0.2, 0) is 9.59 Å². The molecule has 3 aromatic rings. The van der Waals surface area contributed by atoms with Gasteiger partial charge in [-0.2, -0.15) is 0 Å². The van der Waals surface area contributed by atoms with Crippen LogP contribution in [0.15, 0.2) is 70.6 Å². The van der Waals surface area contributed by atoms with Crippen molar-refractivity contribution in [2.75, 3.05) is 17.6 Å². The van der Waals surface area contributed by atoms with Crippen LogP contribution in [-0.4, -0.2) is 38.9 Å². The van der Waals surface area contributed by atoms with E-state index in [0.29, 0.717) is 10.8 Å². The first kappa shape index (κ1) is 19.1. The molecule has 0 radical (unpaired) electrons. The van der Waals surface area contributed by atoms with Gasteiger partial charge in [-0.1, -0.05) is 42.1 Å². The molecule has 0 aliphatic carbocycles. The Hall–Kier alpha value is -2.65. The predicted molar refractivity (Wildman–Crippen MR) is 108 cm³/mol. The number of carbonyl (C=O) groups is 2. The Labute approximate surface area is 168 Å². The summed E-state index contributed by atoms with van der Waals surface area (Å²) in [5.41, 5.74) is 1.55. The molecule has 0 saturated heterocycles. The first-order chi connectivity index (χ1) is 13.1. The van der Waals surface area contributed by atoms with Crippen molar-refractivity contribution >= 4 is 45.2 Å². The van der Waals surface area contributed by atoms with E-state index in [1.165, 1.54) is 11.8 Å². The third kappa shape index (κ3) is 5.66. The molecule has 138 valence electrons. The molecule has 0 fully saturated rings. The second-order valence-electron chi connectivity index (χ2n) is 5.40. The summed E-state index contributed by atoms with van der Waals surface area (Å²) < 4.78 is 2.42. The molecule has 2 aromatic carbocycles. The zero-order valence-electron chi connectivity index (χ0n) is 14.1. The maximum Gasteiger partial charge on any atom is 0.243 e. The molecular formula is C18H16BrN5O2S. The highest BCUT2D eigenvalue weighted by atomic mass is 79.9. The fourth-order valence-electron chi connectivity index (χ4n) is 2.14. The Morgan fingerprint density at radius 1 is 1.04 bits per heavy atom. The van der Waals surface area contributed by atoms with E-state index < -0.39 is 0 Å². The third-order valence-corrected chi connectivity index (χ3v) is 4.96. The van der Waals surface area contributed by atoms with Crippen LogP contribution < -0.4 is 10.6 Å². The molecule has 0 bridgehead atoms. The Bertz CT molecular complexity index is 932. The molecule has 0 atom stereocenters. The van der Waals surface area contributed by atoms with E-state index in [4.69, 9.17) is 0 Å². The minimum absolute atomic E-state index is 0.105. The number of rotatable bonds is 7. The topological polar surface area (TPSA) is 88.9 Å². The SMILES string of the molecule is O=C(CSc1ncn(-c2ccccc2)n1)NCC(=O)Nc1ccccc1Br. The molecule has 1 heterocycles. The van der Waals surface area contributed by atoms with Gasteiger partial charge in [0.25, 0.3) is 0 Å². The van der Waals surface area contributed by atoms with Crippen molar-refractivity contribution < 1.29 is 9.59 Å². The highest BCUT2D eigenvalue weighted by Gasteiger charge is 2.10. The number of anilines is 1. The Morgan fingerprint density at radius 3 is 2.56 bits per heavy atom. The van der Waals surface area contributed by atoms with E-state index in [2.05, 4.69) is 36.6 Å². The molecule has 0 spiro atoms. The summed E-state index contributed by atoms with van der Waals surface area (Å²) in [7, 11) is 0. The van der Waals surface area contributed by atoms with Crippen LogP contribution in [0.25, 0.3) is 5.69 Å². The summed E-state index contributed by atoms with van der Waals surface area (Å²) in [5, 5.41) is 10.1. The molecular weight excluding hydrogens is 430 g/mol. The summed E-state index contributed by atoms with van der Waals surface area (Å²) in [5.74, 6) is -0.439. The van der Waals surface area contributed by atoms with Crippen LogP contribution in [0.4, 0.5) is 5.69 Å². The average molecular weight is 446 g/mol. The van der Waals surface area contributed by atoms with Crippen molar-refractivity contribution in [3.05, 3.63) is 65.4 Å². The number of para-hydroxylation sites is 2. The quantitative estimate of drug-likeness (QED) is 0.545. The highest BCUT2D eigenvalue weighted by Crippen LogP contribution is 2.20. The molecule has 3 rings (SSSR count). The van der Waals surface area contributed by atoms with E-state index >= 15 is 0 Å². The van der Waals surface area contributed by atoms with Crippen molar-refractivity contribution in [2.24, 2.45) is 0 Å². The highest BCUT2D eigenvalue weighted by molar-refractivity contribution is 9.10. The van der Waals surface area contributed by atoms with Crippen LogP contribution in [0.5, 0.6) is 0 Å². The molecule has 0 aliphatic rings. The summed E-state index contributed by atoms with van der Waals surface area (Å²) in [4.78, 5) is 28.0. The van der Waals surface area contributed by atoms with Crippen LogP contribution in [0, 0.1) is 0 Å². The van der Waals surface area contributed by atoms with Crippen molar-refractivity contribution in [1.82, 2.24) is 20.1 Å². The lowest BCUT2D eigenvalue weighted by atomic mass is 10.3. The van der Waals surface area contributed by atoms with Gasteiger partial charge in [0, 0.05) is 4.47 Å². The van der Waals surface area contributed by atoms with E-state index in [1.54, 1.807) is 17.1 Å². The number of nitrogens with one attached hydrogen (secondary N) is 2. The summed E-state index contributed by atoms with van der Waals surface area (Å²) >= 11 is 4.56. The van der Waals surface area contributed by atoms with E-state index in [9.17, 15) is 9.59 Å². The molecule has 2 amide bonds.